The summed E-state index contributed by atoms with van der Waals surface area (Å²) < 4.78 is 53.9. The minimum Gasteiger partial charge on any atom is -0.305 e. The number of benzene rings is 1. The summed E-state index contributed by atoms with van der Waals surface area (Å²) in [6.07, 6.45) is 6.60. The van der Waals surface area contributed by atoms with E-state index in [2.05, 4.69) is 0 Å². The molecule has 1 rings (SSSR count). The van der Waals surface area contributed by atoms with Crippen molar-refractivity contribution in [3.05, 3.63) is 24.3 Å². The first-order valence-electron chi connectivity index (χ1n) is 11.4. The molecule has 0 heterocycles. The Hall–Kier alpha value is -0.720. The first-order valence-corrected chi connectivity index (χ1v) is 14.3. The van der Waals surface area contributed by atoms with E-state index in [1.807, 2.05) is 27.7 Å². The molecule has 0 fully saturated rings. The summed E-state index contributed by atoms with van der Waals surface area (Å²) in [5, 5.41) is 0.148. The van der Waals surface area contributed by atoms with Crippen molar-refractivity contribution >= 4 is 22.9 Å². The van der Waals surface area contributed by atoms with Gasteiger partial charge in [0.05, 0.1) is 23.4 Å². The Balaban J connectivity index is 3.37. The van der Waals surface area contributed by atoms with E-state index in [1.165, 1.54) is 10.4 Å². The smallest absolute Gasteiger partial charge is 0.305 e. The molecule has 0 aliphatic heterocycles. The van der Waals surface area contributed by atoms with Gasteiger partial charge in [-0.2, -0.15) is 4.31 Å². The van der Waals surface area contributed by atoms with Crippen molar-refractivity contribution in [2.75, 3.05) is 26.3 Å². The van der Waals surface area contributed by atoms with Crippen molar-refractivity contribution in [3.8, 4) is 0 Å². The lowest BCUT2D eigenvalue weighted by Crippen LogP contribution is -2.35. The molecular weight excluding hydrogens is 421 g/mol. The largest absolute Gasteiger partial charge is 0.362 e. The first-order chi connectivity index (χ1) is 14.4. The molecule has 0 unspecified atom stereocenters. The molecule has 0 bridgehead atoms. The minimum atomic E-state index is -3.82. The van der Waals surface area contributed by atoms with Gasteiger partial charge in [0.2, 0.25) is 10.0 Å². The van der Waals surface area contributed by atoms with Gasteiger partial charge in [-0.1, -0.05) is 65.5 Å². The van der Waals surface area contributed by atoms with Crippen LogP contribution in [0.5, 0.6) is 0 Å². The number of nitrogens with zero attached hydrogens (tertiary/aromatic N) is 1. The van der Waals surface area contributed by atoms with Gasteiger partial charge < -0.3 is 9.05 Å². The van der Waals surface area contributed by atoms with Crippen LogP contribution in [0.15, 0.2) is 29.2 Å². The van der Waals surface area contributed by atoms with E-state index in [4.69, 9.17) is 9.05 Å². The van der Waals surface area contributed by atoms with Gasteiger partial charge in [-0.25, -0.2) is 8.42 Å². The molecule has 30 heavy (non-hydrogen) atoms. The van der Waals surface area contributed by atoms with Gasteiger partial charge in [0.15, 0.2) is 0 Å². The molecule has 0 saturated carbocycles. The fraction of sp³-hybridized carbons (Fsp3) is 0.727. The van der Waals surface area contributed by atoms with Crippen molar-refractivity contribution in [1.29, 1.82) is 0 Å². The van der Waals surface area contributed by atoms with Crippen molar-refractivity contribution in [1.82, 2.24) is 4.31 Å². The zero-order valence-electron chi connectivity index (χ0n) is 19.1. The molecule has 0 aliphatic carbocycles. The Morgan fingerprint density at radius 1 is 0.800 bits per heavy atom. The molecule has 174 valence electrons. The highest BCUT2D eigenvalue weighted by Crippen LogP contribution is 2.49. The van der Waals surface area contributed by atoms with Gasteiger partial charge in [0.1, 0.15) is 0 Å². The lowest BCUT2D eigenvalue weighted by Gasteiger charge is -2.26. The molecule has 0 saturated heterocycles. The quantitative estimate of drug-likeness (QED) is 0.219. The first kappa shape index (κ1) is 27.3. The molecule has 1 aromatic carbocycles. The van der Waals surface area contributed by atoms with E-state index in [0.29, 0.717) is 13.1 Å². The third-order valence-electron chi connectivity index (χ3n) is 4.82. The van der Waals surface area contributed by atoms with Crippen molar-refractivity contribution < 1.29 is 22.0 Å². The summed E-state index contributed by atoms with van der Waals surface area (Å²) >= 11 is 0. The lowest BCUT2D eigenvalue weighted by molar-refractivity contribution is 0.208. The SMILES string of the molecule is CCCCOP(=O)(OCCCC)c1ccccc1S(=O)(=O)N(CCCC)CCCC. The van der Waals surface area contributed by atoms with Gasteiger partial charge in [-0.3, -0.25) is 4.57 Å². The van der Waals surface area contributed by atoms with Crippen LogP contribution < -0.4 is 5.30 Å². The Bertz CT molecular complexity index is 732. The van der Waals surface area contributed by atoms with E-state index >= 15 is 0 Å². The number of hydrogen-bond acceptors (Lipinski definition) is 5. The molecule has 0 aliphatic rings. The lowest BCUT2D eigenvalue weighted by atomic mass is 10.3. The van der Waals surface area contributed by atoms with Crippen LogP contribution in [-0.2, 0) is 23.6 Å². The Labute approximate surface area is 183 Å². The highest BCUT2D eigenvalue weighted by Gasteiger charge is 2.36. The van der Waals surface area contributed by atoms with Crippen LogP contribution in [-0.4, -0.2) is 39.0 Å². The topological polar surface area (TPSA) is 72.9 Å². The number of rotatable bonds is 17. The van der Waals surface area contributed by atoms with Crippen LogP contribution in [0, 0.1) is 0 Å². The van der Waals surface area contributed by atoms with Gasteiger partial charge in [0.25, 0.3) is 0 Å². The highest BCUT2D eigenvalue weighted by molar-refractivity contribution is 7.90. The monoisotopic (exact) mass is 461 g/mol. The molecule has 0 atom stereocenters. The zero-order valence-corrected chi connectivity index (χ0v) is 20.8. The number of sulfonamides is 1. The average Bonchev–Trinajstić information content (AvgIpc) is 2.74. The second kappa shape index (κ2) is 14.4. The molecule has 0 spiro atoms. The maximum absolute atomic E-state index is 13.8. The Morgan fingerprint density at radius 3 is 1.73 bits per heavy atom. The summed E-state index contributed by atoms with van der Waals surface area (Å²) in [6.45, 7) is 9.54. The standard InChI is InChI=1S/C22H40NO5PS/c1-5-9-17-23(18-10-6-2)30(25,26)22-16-14-13-15-21(22)29(24,27-19-11-7-3)28-20-12-8-4/h13-16H,5-12,17-20H2,1-4H3. The molecule has 8 heteroatoms. The Morgan fingerprint density at radius 2 is 1.27 bits per heavy atom. The molecule has 0 aromatic heterocycles. The summed E-state index contributed by atoms with van der Waals surface area (Å²) in [5.74, 6) is 0. The third-order valence-corrected chi connectivity index (χ3v) is 8.95. The molecular formula is C22H40NO5PS. The number of unbranched alkanes of at least 4 members (excludes halogenated alkanes) is 4. The molecule has 1 aromatic rings. The van der Waals surface area contributed by atoms with Gasteiger partial charge in [0, 0.05) is 13.1 Å². The second-order valence-electron chi connectivity index (χ2n) is 7.45. The minimum absolute atomic E-state index is 0.0357. The van der Waals surface area contributed by atoms with Crippen molar-refractivity contribution in [2.24, 2.45) is 0 Å². The maximum atomic E-state index is 13.8. The zero-order chi connectivity index (χ0) is 22.5. The van der Waals surface area contributed by atoms with Gasteiger partial charge in [-0.05, 0) is 37.8 Å². The van der Waals surface area contributed by atoms with Crippen LogP contribution in [0.1, 0.15) is 79.1 Å². The molecule has 0 amide bonds. The maximum Gasteiger partial charge on any atom is 0.362 e. The van der Waals surface area contributed by atoms with Crippen LogP contribution in [0.3, 0.4) is 0 Å². The Kier molecular flexibility index (Phi) is 13.1. The predicted octanol–water partition coefficient (Wildman–Crippen LogP) is 5.73. The fourth-order valence-corrected chi connectivity index (χ4v) is 6.88. The average molecular weight is 462 g/mol. The van der Waals surface area contributed by atoms with E-state index in [0.717, 1.165) is 51.4 Å². The summed E-state index contributed by atoms with van der Waals surface area (Å²) in [7, 11) is -7.58. The van der Waals surface area contributed by atoms with Crippen LogP contribution >= 0.6 is 7.60 Å². The van der Waals surface area contributed by atoms with Crippen LogP contribution in [0.2, 0.25) is 0 Å². The normalized spacial score (nSPS) is 12.6. The van der Waals surface area contributed by atoms with Crippen molar-refractivity contribution in [3.63, 3.8) is 0 Å². The summed E-state index contributed by atoms with van der Waals surface area (Å²) in [5.41, 5.74) is 0. The second-order valence-corrected chi connectivity index (χ2v) is 11.3. The van der Waals surface area contributed by atoms with E-state index in [9.17, 15) is 13.0 Å². The van der Waals surface area contributed by atoms with Crippen molar-refractivity contribution in [2.45, 2.75) is 84.0 Å². The third kappa shape index (κ3) is 8.08. The fourth-order valence-electron chi connectivity index (χ4n) is 2.90. The van der Waals surface area contributed by atoms with Crippen LogP contribution in [0.4, 0.5) is 0 Å². The van der Waals surface area contributed by atoms with Crippen LogP contribution in [0.25, 0.3) is 0 Å². The molecule has 0 radical (unpaired) electrons. The molecule has 6 nitrogen and oxygen atoms in total. The summed E-state index contributed by atoms with van der Waals surface area (Å²) in [6, 6.07) is 6.45. The molecule has 0 N–H and O–H groups in total. The van der Waals surface area contributed by atoms with Gasteiger partial charge >= 0.3 is 7.60 Å². The highest BCUT2D eigenvalue weighted by atomic mass is 32.2. The van der Waals surface area contributed by atoms with E-state index in [-0.39, 0.29) is 23.4 Å². The van der Waals surface area contributed by atoms with Gasteiger partial charge in [-0.15, -0.1) is 0 Å². The van der Waals surface area contributed by atoms with E-state index < -0.39 is 17.6 Å². The summed E-state index contributed by atoms with van der Waals surface area (Å²) in [4.78, 5) is 0.0357. The number of hydrogen-bond donors (Lipinski definition) is 0. The predicted molar refractivity (Wildman–Crippen MR) is 124 cm³/mol. The van der Waals surface area contributed by atoms with E-state index in [1.54, 1.807) is 18.2 Å².